The summed E-state index contributed by atoms with van der Waals surface area (Å²) in [6, 6.07) is 0.851. The van der Waals surface area contributed by atoms with E-state index in [1.165, 1.54) is 0 Å². The van der Waals surface area contributed by atoms with Crippen LogP contribution in [0, 0.1) is 0 Å². The highest BCUT2D eigenvalue weighted by molar-refractivity contribution is 6.60. The lowest BCUT2D eigenvalue weighted by Gasteiger charge is -2.36. The number of hydrogen-bond acceptors (Lipinski definition) is 5. The van der Waals surface area contributed by atoms with E-state index in [-0.39, 0.29) is 5.60 Å². The van der Waals surface area contributed by atoms with Crippen LogP contribution in [-0.4, -0.2) is 53.5 Å². The molecule has 0 bridgehead atoms. The summed E-state index contributed by atoms with van der Waals surface area (Å²) in [7, 11) is -0.887. The summed E-state index contributed by atoms with van der Waals surface area (Å²) in [4.78, 5) is 0. The summed E-state index contributed by atoms with van der Waals surface area (Å²) in [6.07, 6.45) is 3.54. The fourth-order valence-corrected chi connectivity index (χ4v) is 5.12. The quantitative estimate of drug-likeness (QED) is 0.433. The summed E-state index contributed by atoms with van der Waals surface area (Å²) in [5.41, 5.74) is -0.269. The molecular weight excluding hydrogens is 276 g/mol. The predicted octanol–water partition coefficient (Wildman–Crippen LogP) is 2.37. The number of rotatable bonds is 11. The van der Waals surface area contributed by atoms with E-state index in [4.69, 9.17) is 22.8 Å². The minimum Gasteiger partial charge on any atom is -0.377 e. The van der Waals surface area contributed by atoms with Crippen LogP contribution in [0.4, 0.5) is 0 Å². The Labute approximate surface area is 123 Å². The molecule has 2 aliphatic heterocycles. The van der Waals surface area contributed by atoms with Gasteiger partial charge in [0.25, 0.3) is 0 Å². The maximum Gasteiger partial charge on any atom is 0.501 e. The van der Waals surface area contributed by atoms with Crippen LogP contribution in [0.5, 0.6) is 0 Å². The monoisotopic (exact) mass is 304 g/mol. The fourth-order valence-electron chi connectivity index (χ4n) is 2.44. The van der Waals surface area contributed by atoms with E-state index in [2.05, 4.69) is 20.8 Å². The Morgan fingerprint density at radius 2 is 1.85 bits per heavy atom. The molecule has 0 amide bonds. The molecule has 0 aliphatic carbocycles. The first-order chi connectivity index (χ1) is 9.49. The van der Waals surface area contributed by atoms with Crippen LogP contribution in [0.2, 0.25) is 6.04 Å². The molecule has 20 heavy (non-hydrogen) atoms. The summed E-state index contributed by atoms with van der Waals surface area (Å²) in [5.74, 6) is 0. The molecule has 2 saturated heterocycles. The molecule has 0 N–H and O–H groups in total. The van der Waals surface area contributed by atoms with Gasteiger partial charge in [0, 0.05) is 26.2 Å². The molecule has 118 valence electrons. The third-order valence-electron chi connectivity index (χ3n) is 3.58. The molecule has 5 nitrogen and oxygen atoms in total. The van der Waals surface area contributed by atoms with E-state index in [1.807, 2.05) is 0 Å². The van der Waals surface area contributed by atoms with E-state index >= 15 is 0 Å². The molecule has 0 aromatic rings. The predicted molar refractivity (Wildman–Crippen MR) is 77.7 cm³/mol. The van der Waals surface area contributed by atoms with Gasteiger partial charge in [-0.3, -0.25) is 0 Å². The Balaban J connectivity index is 1.87. The van der Waals surface area contributed by atoms with Crippen molar-refractivity contribution in [3.05, 3.63) is 0 Å². The first-order valence-corrected chi connectivity index (χ1v) is 9.54. The van der Waals surface area contributed by atoms with E-state index in [0.29, 0.717) is 18.8 Å². The van der Waals surface area contributed by atoms with Crippen LogP contribution < -0.4 is 0 Å². The first kappa shape index (κ1) is 16.4. The van der Waals surface area contributed by atoms with E-state index in [1.54, 1.807) is 7.11 Å². The van der Waals surface area contributed by atoms with Crippen LogP contribution in [0.1, 0.15) is 40.0 Å². The molecule has 0 saturated carbocycles. The van der Waals surface area contributed by atoms with E-state index in [9.17, 15) is 0 Å². The van der Waals surface area contributed by atoms with Crippen molar-refractivity contribution in [2.75, 3.05) is 26.9 Å². The van der Waals surface area contributed by atoms with Crippen molar-refractivity contribution in [1.82, 2.24) is 0 Å². The van der Waals surface area contributed by atoms with Gasteiger partial charge < -0.3 is 22.8 Å². The molecule has 0 radical (unpaired) electrons. The Hall–Kier alpha value is 0.0169. The Morgan fingerprint density at radius 1 is 1.20 bits per heavy atom. The van der Waals surface area contributed by atoms with Crippen molar-refractivity contribution in [2.24, 2.45) is 0 Å². The van der Waals surface area contributed by atoms with Crippen molar-refractivity contribution in [3.63, 3.8) is 0 Å². The summed E-state index contributed by atoms with van der Waals surface area (Å²) < 4.78 is 28.7. The summed E-state index contributed by atoms with van der Waals surface area (Å²) >= 11 is 0. The average Bonchev–Trinajstić information content (AvgIpc) is 3.24. The van der Waals surface area contributed by atoms with E-state index < -0.39 is 8.80 Å². The van der Waals surface area contributed by atoms with Crippen molar-refractivity contribution >= 4 is 8.80 Å². The van der Waals surface area contributed by atoms with Gasteiger partial charge in [0.05, 0.1) is 31.0 Å². The van der Waals surface area contributed by atoms with Gasteiger partial charge in [-0.1, -0.05) is 13.3 Å². The second-order valence-electron chi connectivity index (χ2n) is 6.25. The number of epoxide rings is 2. The summed E-state index contributed by atoms with van der Waals surface area (Å²) in [5, 5.41) is 0. The van der Waals surface area contributed by atoms with Gasteiger partial charge in [0.15, 0.2) is 0 Å². The standard InChI is InChI=1S/C14H28O5Si/c1-5-8-20(15-4,18-7-6-12-10-16-12)19-14(2,3)9-13-11-17-13/h12-13H,5-11H2,1-4H3. The SMILES string of the molecule is CCC[Si](OC)(OCCC1CO1)OC(C)(C)CC1CO1. The maximum atomic E-state index is 6.34. The zero-order valence-electron chi connectivity index (χ0n) is 13.1. The zero-order chi connectivity index (χ0) is 14.6. The molecular formula is C14H28O5Si. The molecule has 3 unspecified atom stereocenters. The Morgan fingerprint density at radius 3 is 2.35 bits per heavy atom. The third-order valence-corrected chi connectivity index (χ3v) is 6.83. The van der Waals surface area contributed by atoms with Crippen molar-refractivity contribution in [1.29, 1.82) is 0 Å². The highest BCUT2D eigenvalue weighted by Crippen LogP contribution is 2.31. The van der Waals surface area contributed by atoms with E-state index in [0.717, 1.165) is 38.5 Å². The number of hydrogen-bond donors (Lipinski definition) is 0. The molecule has 0 aromatic carbocycles. The van der Waals surface area contributed by atoms with Gasteiger partial charge >= 0.3 is 8.80 Å². The van der Waals surface area contributed by atoms with Crippen LogP contribution in [0.3, 0.4) is 0 Å². The van der Waals surface area contributed by atoms with Gasteiger partial charge in [-0.25, -0.2) is 0 Å². The zero-order valence-corrected chi connectivity index (χ0v) is 14.1. The average molecular weight is 304 g/mol. The third kappa shape index (κ3) is 5.42. The highest BCUT2D eigenvalue weighted by atomic mass is 28.4. The second-order valence-corrected chi connectivity index (χ2v) is 9.02. The highest BCUT2D eigenvalue weighted by Gasteiger charge is 2.46. The normalized spacial score (nSPS) is 28.2. The molecule has 2 heterocycles. The largest absolute Gasteiger partial charge is 0.501 e. The van der Waals surface area contributed by atoms with Crippen LogP contribution in [-0.2, 0) is 22.8 Å². The molecule has 3 atom stereocenters. The Kier molecular flexibility index (Phi) is 5.61. The van der Waals surface area contributed by atoms with Crippen molar-refractivity contribution in [3.8, 4) is 0 Å². The fraction of sp³-hybridized carbons (Fsp3) is 1.00. The lowest BCUT2D eigenvalue weighted by molar-refractivity contribution is -0.0133. The van der Waals surface area contributed by atoms with Crippen LogP contribution in [0.15, 0.2) is 0 Å². The Bertz CT molecular complexity index is 304. The topological polar surface area (TPSA) is 52.8 Å². The molecule has 2 aliphatic rings. The summed E-state index contributed by atoms with van der Waals surface area (Å²) in [6.45, 7) is 8.69. The van der Waals surface area contributed by atoms with Gasteiger partial charge in [0.2, 0.25) is 0 Å². The molecule has 2 rings (SSSR count). The first-order valence-electron chi connectivity index (χ1n) is 7.61. The minimum absolute atomic E-state index is 0.269. The van der Waals surface area contributed by atoms with Crippen molar-refractivity contribution < 1.29 is 22.8 Å². The van der Waals surface area contributed by atoms with Gasteiger partial charge in [-0.2, -0.15) is 0 Å². The lowest BCUT2D eigenvalue weighted by Crippen LogP contribution is -2.51. The molecule has 6 heteroatoms. The van der Waals surface area contributed by atoms with Crippen LogP contribution in [0.25, 0.3) is 0 Å². The molecule has 0 aromatic heterocycles. The van der Waals surface area contributed by atoms with Crippen LogP contribution >= 0.6 is 0 Å². The number of ether oxygens (including phenoxy) is 2. The van der Waals surface area contributed by atoms with Gasteiger partial charge in [0.1, 0.15) is 0 Å². The lowest BCUT2D eigenvalue weighted by atomic mass is 10.0. The maximum absolute atomic E-state index is 6.34. The second kappa shape index (κ2) is 6.85. The van der Waals surface area contributed by atoms with Crippen molar-refractivity contribution in [2.45, 2.75) is 63.9 Å². The van der Waals surface area contributed by atoms with Gasteiger partial charge in [-0.15, -0.1) is 0 Å². The molecule has 2 fully saturated rings. The smallest absolute Gasteiger partial charge is 0.377 e. The van der Waals surface area contributed by atoms with Gasteiger partial charge in [-0.05, 0) is 20.3 Å². The minimum atomic E-state index is -2.59. The molecule has 0 spiro atoms.